The van der Waals surface area contributed by atoms with Crippen molar-refractivity contribution in [2.75, 3.05) is 24.3 Å². The van der Waals surface area contributed by atoms with Crippen LogP contribution in [0.2, 0.25) is 0 Å². The molecule has 0 fully saturated rings. The van der Waals surface area contributed by atoms with Gasteiger partial charge in [-0.3, -0.25) is 9.59 Å². The van der Waals surface area contributed by atoms with Crippen LogP contribution in [0.3, 0.4) is 0 Å². The van der Waals surface area contributed by atoms with Gasteiger partial charge in [0.25, 0.3) is 10.9 Å². The highest BCUT2D eigenvalue weighted by atomic mass is 32.2. The molecule has 1 amide bonds. The van der Waals surface area contributed by atoms with E-state index < -0.39 is 18.0 Å². The molecule has 27 heavy (non-hydrogen) atoms. The maximum absolute atomic E-state index is 12.2. The molecule has 0 aliphatic carbocycles. The van der Waals surface area contributed by atoms with Crippen LogP contribution in [0.4, 0.5) is 5.69 Å². The molecular weight excluding hydrogens is 372 g/mol. The van der Waals surface area contributed by atoms with Crippen LogP contribution in [-0.4, -0.2) is 36.9 Å². The molecular formula is C18H18N2O6S. The van der Waals surface area contributed by atoms with Crippen LogP contribution < -0.4 is 19.5 Å². The fraction of sp³-hybridized carbons (Fsp3) is 0.278. The smallest absolute Gasteiger partial charge is 0.317 e. The summed E-state index contributed by atoms with van der Waals surface area (Å²) in [6.07, 6.45) is 0.360. The summed E-state index contributed by atoms with van der Waals surface area (Å²) in [5.41, 5.74) is 0.512. The molecule has 0 saturated heterocycles. The summed E-state index contributed by atoms with van der Waals surface area (Å²) in [7, 11) is 0. The third kappa shape index (κ3) is 5.04. The highest BCUT2D eigenvalue weighted by molar-refractivity contribution is 7.99. The highest BCUT2D eigenvalue weighted by Crippen LogP contribution is 2.32. The minimum Gasteiger partial charge on any atom is -0.618 e. The third-order valence-corrected chi connectivity index (χ3v) is 4.61. The molecule has 2 heterocycles. The number of hydrogen-bond acceptors (Lipinski definition) is 7. The Bertz CT molecular complexity index is 844. The van der Waals surface area contributed by atoms with Crippen LogP contribution in [0.25, 0.3) is 0 Å². The number of esters is 1. The zero-order valence-electron chi connectivity index (χ0n) is 14.5. The number of thioether (sulfide) groups is 1. The van der Waals surface area contributed by atoms with Crippen LogP contribution >= 0.6 is 11.8 Å². The molecule has 1 atom stereocenters. The van der Waals surface area contributed by atoms with Gasteiger partial charge in [-0.2, -0.15) is 4.73 Å². The summed E-state index contributed by atoms with van der Waals surface area (Å²) in [5, 5.41) is 14.6. The molecule has 0 radical (unpaired) electrons. The van der Waals surface area contributed by atoms with Gasteiger partial charge in [-0.25, -0.2) is 0 Å². The van der Waals surface area contributed by atoms with Crippen LogP contribution in [0.15, 0.2) is 47.6 Å². The van der Waals surface area contributed by atoms with Crippen LogP contribution in [-0.2, 0) is 14.3 Å². The van der Waals surface area contributed by atoms with Gasteiger partial charge in [0, 0.05) is 23.9 Å². The average molecular weight is 390 g/mol. The van der Waals surface area contributed by atoms with Crippen molar-refractivity contribution in [2.45, 2.75) is 18.1 Å². The zero-order chi connectivity index (χ0) is 19.2. The number of aromatic nitrogens is 1. The lowest BCUT2D eigenvalue weighted by Crippen LogP contribution is -2.31. The number of pyridine rings is 1. The van der Waals surface area contributed by atoms with E-state index in [0.29, 0.717) is 40.2 Å². The third-order valence-electron chi connectivity index (χ3n) is 3.61. The number of rotatable bonds is 6. The summed E-state index contributed by atoms with van der Waals surface area (Å²) >= 11 is 1.04. The Labute approximate surface area is 160 Å². The molecule has 1 unspecified atom stereocenters. The van der Waals surface area contributed by atoms with Gasteiger partial charge in [0.05, 0.1) is 0 Å². The monoisotopic (exact) mass is 390 g/mol. The first-order valence-corrected chi connectivity index (χ1v) is 9.22. The molecule has 2 aromatic rings. The van der Waals surface area contributed by atoms with E-state index in [1.54, 1.807) is 36.4 Å². The number of nitrogens with zero attached hydrogens (tertiary/aromatic N) is 1. The summed E-state index contributed by atoms with van der Waals surface area (Å²) < 4.78 is 16.7. The van der Waals surface area contributed by atoms with E-state index in [-0.39, 0.29) is 5.75 Å². The predicted molar refractivity (Wildman–Crippen MR) is 97.7 cm³/mol. The molecule has 8 nitrogen and oxygen atoms in total. The van der Waals surface area contributed by atoms with Crippen LogP contribution in [0, 0.1) is 5.21 Å². The number of anilines is 1. The first kappa shape index (κ1) is 18.8. The normalized spacial score (nSPS) is 13.5. The summed E-state index contributed by atoms with van der Waals surface area (Å²) in [4.78, 5) is 24.1. The molecule has 1 N–H and O–H groups in total. The summed E-state index contributed by atoms with van der Waals surface area (Å²) in [6.45, 7) is 2.41. The largest absolute Gasteiger partial charge is 0.618 e. The Kier molecular flexibility index (Phi) is 6.02. The molecule has 0 spiro atoms. The number of amides is 1. The van der Waals surface area contributed by atoms with Gasteiger partial charge >= 0.3 is 5.97 Å². The van der Waals surface area contributed by atoms with E-state index in [4.69, 9.17) is 14.2 Å². The Hall–Kier alpha value is -2.94. The number of nitrogens with one attached hydrogen (secondary N) is 1. The molecule has 3 rings (SSSR count). The number of carbonyl (C=O) groups excluding carboxylic acids is 2. The molecule has 1 aliphatic rings. The molecule has 142 valence electrons. The van der Waals surface area contributed by atoms with Crippen molar-refractivity contribution in [3.8, 4) is 11.5 Å². The Morgan fingerprint density at radius 2 is 2.04 bits per heavy atom. The van der Waals surface area contributed by atoms with E-state index in [1.165, 1.54) is 13.1 Å². The van der Waals surface area contributed by atoms with E-state index >= 15 is 0 Å². The van der Waals surface area contributed by atoms with Gasteiger partial charge in [-0.1, -0.05) is 0 Å². The van der Waals surface area contributed by atoms with Crippen molar-refractivity contribution < 1.29 is 28.5 Å². The SMILES string of the molecule is CC(OC(=O)CSc1cccc[n+]1[O-])C(=O)Nc1ccc2c(c1)OCCO2. The Morgan fingerprint density at radius 1 is 1.26 bits per heavy atom. The minimum atomic E-state index is -0.985. The maximum atomic E-state index is 12.2. The van der Waals surface area contributed by atoms with Gasteiger partial charge in [0.15, 0.2) is 23.8 Å². The van der Waals surface area contributed by atoms with Crippen LogP contribution in [0.5, 0.6) is 11.5 Å². The lowest BCUT2D eigenvalue weighted by Gasteiger charge is -2.19. The van der Waals surface area contributed by atoms with Gasteiger partial charge in [-0.05, 0) is 36.9 Å². The number of ether oxygens (including phenoxy) is 3. The molecule has 9 heteroatoms. The minimum absolute atomic E-state index is 0.0755. The average Bonchev–Trinajstić information content (AvgIpc) is 2.67. The maximum Gasteiger partial charge on any atom is 0.317 e. The zero-order valence-corrected chi connectivity index (χ0v) is 15.4. The molecule has 1 aliphatic heterocycles. The quantitative estimate of drug-likeness (QED) is 0.347. The molecule has 0 bridgehead atoms. The number of benzene rings is 1. The van der Waals surface area contributed by atoms with Crippen molar-refractivity contribution in [1.29, 1.82) is 0 Å². The number of hydrogen-bond donors (Lipinski definition) is 1. The van der Waals surface area contributed by atoms with Crippen molar-refractivity contribution >= 4 is 29.3 Å². The van der Waals surface area contributed by atoms with Crippen molar-refractivity contribution in [3.05, 3.63) is 47.8 Å². The van der Waals surface area contributed by atoms with Gasteiger partial charge in [-0.15, -0.1) is 0 Å². The van der Waals surface area contributed by atoms with Gasteiger partial charge < -0.3 is 24.7 Å². The predicted octanol–water partition coefficient (Wildman–Crippen LogP) is 1.75. The lowest BCUT2D eigenvalue weighted by atomic mass is 10.2. The second kappa shape index (κ2) is 8.63. The number of carbonyl (C=O) groups is 2. The van der Waals surface area contributed by atoms with E-state index in [9.17, 15) is 14.8 Å². The first-order chi connectivity index (χ1) is 13.0. The summed E-state index contributed by atoms with van der Waals surface area (Å²) in [5.74, 6) is 0.0342. The van der Waals surface area contributed by atoms with Crippen LogP contribution in [0.1, 0.15) is 6.92 Å². The topological polar surface area (TPSA) is 101 Å². The summed E-state index contributed by atoms with van der Waals surface area (Å²) in [6, 6.07) is 9.93. The standard InChI is InChI=1S/C18H18N2O6S/c1-12(26-17(21)11-27-16-4-2-3-7-20(16)23)18(22)19-13-5-6-14-15(10-13)25-9-8-24-14/h2-7,10,12H,8-9,11H2,1H3,(H,19,22). The fourth-order valence-electron chi connectivity index (χ4n) is 2.31. The van der Waals surface area contributed by atoms with Crippen molar-refractivity contribution in [2.24, 2.45) is 0 Å². The Morgan fingerprint density at radius 3 is 2.81 bits per heavy atom. The van der Waals surface area contributed by atoms with E-state index in [2.05, 4.69) is 5.32 Å². The van der Waals surface area contributed by atoms with E-state index in [1.807, 2.05) is 0 Å². The molecule has 0 saturated carbocycles. The molecule has 1 aromatic carbocycles. The fourth-order valence-corrected chi connectivity index (χ4v) is 3.00. The van der Waals surface area contributed by atoms with Gasteiger partial charge in [0.1, 0.15) is 19.0 Å². The second-order valence-electron chi connectivity index (χ2n) is 5.63. The van der Waals surface area contributed by atoms with Gasteiger partial charge in [0.2, 0.25) is 0 Å². The van der Waals surface area contributed by atoms with E-state index in [0.717, 1.165) is 11.8 Å². The second-order valence-corrected chi connectivity index (χ2v) is 6.63. The number of fused-ring (bicyclic) bond motifs is 1. The molecule has 1 aromatic heterocycles. The highest BCUT2D eigenvalue weighted by Gasteiger charge is 2.20. The van der Waals surface area contributed by atoms with Crippen molar-refractivity contribution in [1.82, 2.24) is 0 Å². The first-order valence-electron chi connectivity index (χ1n) is 8.24. The van der Waals surface area contributed by atoms with Crippen molar-refractivity contribution in [3.63, 3.8) is 0 Å². The Balaban J connectivity index is 1.50. The lowest BCUT2D eigenvalue weighted by molar-refractivity contribution is -0.645.